The Morgan fingerprint density at radius 1 is 1.10 bits per heavy atom. The van der Waals surface area contributed by atoms with Gasteiger partial charge in [0.1, 0.15) is 42.5 Å². The van der Waals surface area contributed by atoms with E-state index in [-0.39, 0.29) is 18.8 Å². The van der Waals surface area contributed by atoms with Crippen LogP contribution in [0, 0.1) is 0 Å². The molecule has 0 spiro atoms. The van der Waals surface area contributed by atoms with E-state index in [1.165, 1.54) is 17.2 Å². The van der Waals surface area contributed by atoms with E-state index in [4.69, 9.17) is 19.9 Å². The average Bonchev–Trinajstić information content (AvgIpc) is 3.58. The van der Waals surface area contributed by atoms with Crippen molar-refractivity contribution in [3.05, 3.63) is 78.4 Å². The van der Waals surface area contributed by atoms with E-state index in [0.29, 0.717) is 16.9 Å². The SMILES string of the molecule is COc1ccc(C[C@H](NC(=O)OCc2ccccc2)C(=O)N[C@H]2[C@H](O)[C@H](n3cnc4c(N)ncnc43)O[C@@H]2CO)cc1. The molecule has 1 aliphatic heterocycles. The van der Waals surface area contributed by atoms with E-state index in [0.717, 1.165) is 11.1 Å². The number of hydrogen-bond donors (Lipinski definition) is 5. The number of benzene rings is 2. The van der Waals surface area contributed by atoms with Gasteiger partial charge in [-0.2, -0.15) is 0 Å². The molecule has 1 fully saturated rings. The lowest BCUT2D eigenvalue weighted by molar-refractivity contribution is -0.124. The van der Waals surface area contributed by atoms with Crippen molar-refractivity contribution >= 4 is 29.0 Å². The van der Waals surface area contributed by atoms with Crippen LogP contribution in [0.5, 0.6) is 5.75 Å². The summed E-state index contributed by atoms with van der Waals surface area (Å²) in [6, 6.07) is 14.0. The number of carbonyl (C=O) groups is 2. The van der Waals surface area contributed by atoms with Crippen molar-refractivity contribution in [2.24, 2.45) is 0 Å². The van der Waals surface area contributed by atoms with Crippen LogP contribution in [0.3, 0.4) is 0 Å². The Labute approximate surface area is 240 Å². The minimum Gasteiger partial charge on any atom is -0.497 e. The number of fused-ring (bicyclic) bond motifs is 1. The molecule has 0 saturated carbocycles. The van der Waals surface area contributed by atoms with E-state index in [1.807, 2.05) is 30.3 Å². The number of nitrogen functional groups attached to an aromatic ring is 1. The zero-order chi connectivity index (χ0) is 29.6. The first-order valence-electron chi connectivity index (χ1n) is 13.2. The van der Waals surface area contributed by atoms with E-state index in [2.05, 4.69) is 25.6 Å². The predicted octanol–water partition coefficient (Wildman–Crippen LogP) is 0.690. The number of imidazole rings is 1. The van der Waals surface area contributed by atoms with Crippen LogP contribution < -0.4 is 21.1 Å². The lowest BCUT2D eigenvalue weighted by Crippen LogP contribution is -2.55. The topological polar surface area (TPSA) is 196 Å². The first kappa shape index (κ1) is 28.7. The Kier molecular flexibility index (Phi) is 8.76. The molecule has 6 N–H and O–H groups in total. The third kappa shape index (κ3) is 6.25. The normalized spacial score (nSPS) is 20.6. The molecule has 1 saturated heterocycles. The van der Waals surface area contributed by atoms with Gasteiger partial charge in [-0.05, 0) is 23.3 Å². The minimum atomic E-state index is -1.31. The maximum Gasteiger partial charge on any atom is 0.408 e. The third-order valence-corrected chi connectivity index (χ3v) is 6.95. The van der Waals surface area contributed by atoms with Crippen molar-refractivity contribution in [3.63, 3.8) is 0 Å². The standard InChI is InChI=1S/C28H31N7O7/c1-40-18-9-7-16(8-10-18)11-19(33-28(39)41-13-17-5-3-2-4-6-17)26(38)34-21-20(12-36)42-27(23(21)37)35-15-32-22-24(29)30-14-31-25(22)35/h2-10,14-15,19-21,23,27,36-37H,11-13H2,1H3,(H,33,39)(H,34,38)(H2,29,30,31)/t19-,20+,21+,23-,27+/m0/s1. The molecule has 2 aromatic heterocycles. The quantitative estimate of drug-likeness (QED) is 0.178. The van der Waals surface area contributed by atoms with Crippen LogP contribution in [-0.2, 0) is 27.3 Å². The molecule has 14 heteroatoms. The first-order valence-corrected chi connectivity index (χ1v) is 13.2. The van der Waals surface area contributed by atoms with E-state index >= 15 is 0 Å². The monoisotopic (exact) mass is 577 g/mol. The second kappa shape index (κ2) is 12.8. The molecular formula is C28H31N7O7. The number of nitrogens with zero attached hydrogens (tertiary/aromatic N) is 4. The highest BCUT2D eigenvalue weighted by Crippen LogP contribution is 2.32. The molecule has 42 heavy (non-hydrogen) atoms. The van der Waals surface area contributed by atoms with E-state index < -0.39 is 49.1 Å². The Morgan fingerprint density at radius 3 is 2.57 bits per heavy atom. The Bertz CT molecular complexity index is 1520. The molecular weight excluding hydrogens is 546 g/mol. The van der Waals surface area contributed by atoms with Crippen LogP contribution in [-0.4, -0.2) is 79.7 Å². The summed E-state index contributed by atoms with van der Waals surface area (Å²) in [6.45, 7) is -0.488. The Hall–Kier alpha value is -4.79. The highest BCUT2D eigenvalue weighted by Gasteiger charge is 2.46. The number of nitrogens with two attached hydrogens (primary N) is 1. The van der Waals surface area contributed by atoms with Crippen molar-refractivity contribution in [2.45, 2.75) is 43.5 Å². The average molecular weight is 578 g/mol. The molecule has 4 aromatic rings. The maximum atomic E-state index is 13.6. The number of ether oxygens (including phenoxy) is 3. The van der Waals surface area contributed by atoms with Crippen LogP contribution in [0.15, 0.2) is 67.3 Å². The fourth-order valence-electron chi connectivity index (χ4n) is 4.74. The predicted molar refractivity (Wildman–Crippen MR) is 149 cm³/mol. The number of methoxy groups -OCH3 is 1. The molecule has 0 unspecified atom stereocenters. The molecule has 5 rings (SSSR count). The number of aliphatic hydroxyl groups excluding tert-OH is 2. The van der Waals surface area contributed by atoms with Gasteiger partial charge in [-0.25, -0.2) is 19.7 Å². The Morgan fingerprint density at radius 2 is 1.86 bits per heavy atom. The van der Waals surface area contributed by atoms with Gasteiger partial charge in [0.05, 0.1) is 26.1 Å². The number of rotatable bonds is 10. The number of nitrogens with one attached hydrogen (secondary N) is 2. The summed E-state index contributed by atoms with van der Waals surface area (Å²) < 4.78 is 17.9. The third-order valence-electron chi connectivity index (χ3n) is 6.95. The first-order chi connectivity index (χ1) is 20.4. The highest BCUT2D eigenvalue weighted by molar-refractivity contribution is 5.86. The number of aliphatic hydroxyl groups is 2. The minimum absolute atomic E-state index is 0.0138. The largest absolute Gasteiger partial charge is 0.497 e. The highest BCUT2D eigenvalue weighted by atomic mass is 16.6. The summed E-state index contributed by atoms with van der Waals surface area (Å²) in [5, 5.41) is 26.6. The number of amides is 2. The summed E-state index contributed by atoms with van der Waals surface area (Å²) in [6.07, 6.45) is -1.38. The summed E-state index contributed by atoms with van der Waals surface area (Å²) in [5.41, 5.74) is 8.03. The van der Waals surface area contributed by atoms with Crippen LogP contribution in [0.4, 0.5) is 10.6 Å². The Balaban J connectivity index is 1.32. The lowest BCUT2D eigenvalue weighted by atomic mass is 10.0. The van der Waals surface area contributed by atoms with E-state index in [9.17, 15) is 19.8 Å². The fraction of sp³-hybridized carbons (Fsp3) is 0.321. The van der Waals surface area contributed by atoms with Gasteiger partial charge in [0.2, 0.25) is 5.91 Å². The molecule has 0 radical (unpaired) electrons. The van der Waals surface area contributed by atoms with Gasteiger partial charge in [-0.1, -0.05) is 42.5 Å². The number of anilines is 1. The van der Waals surface area contributed by atoms with Crippen molar-refractivity contribution in [3.8, 4) is 5.75 Å². The molecule has 2 aromatic carbocycles. The van der Waals surface area contributed by atoms with Gasteiger partial charge in [-0.15, -0.1) is 0 Å². The number of carbonyl (C=O) groups excluding carboxylic acids is 2. The molecule has 14 nitrogen and oxygen atoms in total. The van der Waals surface area contributed by atoms with Gasteiger partial charge in [-0.3, -0.25) is 9.36 Å². The molecule has 2 amide bonds. The van der Waals surface area contributed by atoms with Gasteiger partial charge >= 0.3 is 6.09 Å². The van der Waals surface area contributed by atoms with Gasteiger partial charge in [0, 0.05) is 6.42 Å². The fourth-order valence-corrected chi connectivity index (χ4v) is 4.74. The summed E-state index contributed by atoms with van der Waals surface area (Å²) >= 11 is 0. The summed E-state index contributed by atoms with van der Waals surface area (Å²) in [5.74, 6) is 0.176. The van der Waals surface area contributed by atoms with Crippen molar-refractivity contribution < 1.29 is 34.0 Å². The second-order valence-electron chi connectivity index (χ2n) is 9.67. The van der Waals surface area contributed by atoms with Crippen molar-refractivity contribution in [2.75, 3.05) is 19.5 Å². The van der Waals surface area contributed by atoms with Gasteiger partial charge in [0.15, 0.2) is 17.7 Å². The van der Waals surface area contributed by atoms with Crippen molar-refractivity contribution in [1.29, 1.82) is 0 Å². The van der Waals surface area contributed by atoms with Crippen LogP contribution in [0.25, 0.3) is 11.2 Å². The molecule has 0 aliphatic carbocycles. The van der Waals surface area contributed by atoms with Gasteiger partial charge < -0.3 is 40.8 Å². The number of alkyl carbamates (subject to hydrolysis) is 1. The van der Waals surface area contributed by atoms with E-state index in [1.54, 1.807) is 31.4 Å². The molecule has 220 valence electrons. The van der Waals surface area contributed by atoms with Crippen LogP contribution in [0.2, 0.25) is 0 Å². The summed E-state index contributed by atoms with van der Waals surface area (Å²) in [4.78, 5) is 38.6. The molecule has 5 atom stereocenters. The van der Waals surface area contributed by atoms with Crippen molar-refractivity contribution in [1.82, 2.24) is 30.2 Å². The summed E-state index contributed by atoms with van der Waals surface area (Å²) in [7, 11) is 1.55. The maximum absolute atomic E-state index is 13.6. The number of aromatic nitrogens is 4. The molecule has 1 aliphatic rings. The zero-order valence-corrected chi connectivity index (χ0v) is 22.7. The number of hydrogen-bond acceptors (Lipinski definition) is 11. The van der Waals surface area contributed by atoms with Gasteiger partial charge in [0.25, 0.3) is 0 Å². The molecule has 3 heterocycles. The zero-order valence-electron chi connectivity index (χ0n) is 22.7. The molecule has 0 bridgehead atoms. The lowest BCUT2D eigenvalue weighted by Gasteiger charge is -2.25. The smallest absolute Gasteiger partial charge is 0.408 e. The second-order valence-corrected chi connectivity index (χ2v) is 9.67. The van der Waals surface area contributed by atoms with Crippen LogP contribution in [0.1, 0.15) is 17.4 Å². The van der Waals surface area contributed by atoms with Crippen LogP contribution >= 0.6 is 0 Å².